The maximum atomic E-state index is 11.7. The van der Waals surface area contributed by atoms with Crippen molar-refractivity contribution in [1.29, 1.82) is 0 Å². The number of nitrogens with one attached hydrogen (secondary N) is 1. The van der Waals surface area contributed by atoms with Crippen molar-refractivity contribution in [2.75, 3.05) is 6.26 Å². The summed E-state index contributed by atoms with van der Waals surface area (Å²) in [6.45, 7) is 2.10. The van der Waals surface area contributed by atoms with Crippen LogP contribution in [-0.2, 0) is 9.84 Å². The van der Waals surface area contributed by atoms with Gasteiger partial charge in [-0.2, -0.15) is 0 Å². The molecule has 1 aliphatic rings. The SMILES string of the molecule is CCC(NC1CCCC1S(C)(=O)=O)c1nccs1. The van der Waals surface area contributed by atoms with E-state index in [0.29, 0.717) is 0 Å². The molecule has 0 saturated heterocycles. The summed E-state index contributed by atoms with van der Waals surface area (Å²) in [6.07, 6.45) is 6.80. The molecule has 1 N–H and O–H groups in total. The predicted octanol–water partition coefficient (Wildman–Crippen LogP) is 2.15. The lowest BCUT2D eigenvalue weighted by molar-refractivity contribution is 0.426. The zero-order chi connectivity index (χ0) is 13.2. The Morgan fingerprint density at radius 3 is 2.89 bits per heavy atom. The molecule has 1 aromatic rings. The Labute approximate surface area is 113 Å². The molecule has 102 valence electrons. The molecule has 0 radical (unpaired) electrons. The van der Waals surface area contributed by atoms with Crippen LogP contribution in [0.4, 0.5) is 0 Å². The number of hydrogen-bond donors (Lipinski definition) is 1. The van der Waals surface area contributed by atoms with Crippen LogP contribution in [0.3, 0.4) is 0 Å². The van der Waals surface area contributed by atoms with E-state index in [1.807, 2.05) is 5.38 Å². The number of nitrogens with zero attached hydrogens (tertiary/aromatic N) is 1. The van der Waals surface area contributed by atoms with Gasteiger partial charge in [-0.1, -0.05) is 13.3 Å². The Bertz CT molecular complexity index is 470. The van der Waals surface area contributed by atoms with Gasteiger partial charge in [0.15, 0.2) is 9.84 Å². The van der Waals surface area contributed by atoms with Crippen molar-refractivity contribution >= 4 is 21.2 Å². The fraction of sp³-hybridized carbons (Fsp3) is 0.750. The summed E-state index contributed by atoms with van der Waals surface area (Å²) in [6, 6.07) is 0.256. The highest BCUT2D eigenvalue weighted by Gasteiger charge is 2.35. The highest BCUT2D eigenvalue weighted by Crippen LogP contribution is 2.28. The summed E-state index contributed by atoms with van der Waals surface area (Å²) in [5.41, 5.74) is 0. The Hall–Kier alpha value is -0.460. The number of hydrogen-bond acceptors (Lipinski definition) is 5. The number of sulfone groups is 1. The molecular weight excluding hydrogens is 268 g/mol. The number of aromatic nitrogens is 1. The molecule has 1 fully saturated rings. The molecule has 1 aromatic heterocycles. The minimum Gasteiger partial charge on any atom is -0.304 e. The van der Waals surface area contributed by atoms with E-state index in [1.165, 1.54) is 6.26 Å². The Morgan fingerprint density at radius 1 is 1.56 bits per heavy atom. The van der Waals surface area contributed by atoms with Crippen LogP contribution >= 0.6 is 11.3 Å². The third-order valence-corrected chi connectivity index (χ3v) is 6.13. The molecule has 1 aliphatic carbocycles. The van der Waals surface area contributed by atoms with Crippen molar-refractivity contribution < 1.29 is 8.42 Å². The quantitative estimate of drug-likeness (QED) is 0.902. The first kappa shape index (κ1) is 14.0. The third-order valence-electron chi connectivity index (χ3n) is 3.58. The fourth-order valence-corrected chi connectivity index (χ4v) is 4.85. The molecule has 2 rings (SSSR count). The van der Waals surface area contributed by atoms with Gasteiger partial charge in [-0.3, -0.25) is 0 Å². The van der Waals surface area contributed by atoms with E-state index in [-0.39, 0.29) is 17.3 Å². The summed E-state index contributed by atoms with van der Waals surface area (Å²) in [4.78, 5) is 4.32. The molecule has 0 aliphatic heterocycles. The second kappa shape index (κ2) is 5.67. The van der Waals surface area contributed by atoms with Crippen LogP contribution in [0.15, 0.2) is 11.6 Å². The first-order valence-corrected chi connectivity index (χ1v) is 9.20. The first-order valence-electron chi connectivity index (χ1n) is 6.36. The van der Waals surface area contributed by atoms with Gasteiger partial charge in [0.05, 0.1) is 11.3 Å². The van der Waals surface area contributed by atoms with Crippen molar-refractivity contribution in [3.05, 3.63) is 16.6 Å². The van der Waals surface area contributed by atoms with E-state index in [1.54, 1.807) is 17.5 Å². The van der Waals surface area contributed by atoms with E-state index in [4.69, 9.17) is 0 Å². The fourth-order valence-electron chi connectivity index (χ4n) is 2.66. The van der Waals surface area contributed by atoms with Crippen LogP contribution in [0.25, 0.3) is 0 Å². The summed E-state index contributed by atoms with van der Waals surface area (Å²) in [5.74, 6) is 0. The maximum Gasteiger partial charge on any atom is 0.151 e. The Balaban J connectivity index is 2.08. The second-order valence-electron chi connectivity index (χ2n) is 4.90. The largest absolute Gasteiger partial charge is 0.304 e. The van der Waals surface area contributed by atoms with Crippen LogP contribution in [0.1, 0.15) is 43.7 Å². The lowest BCUT2D eigenvalue weighted by atomic mass is 10.1. The minimum atomic E-state index is -2.95. The molecule has 1 heterocycles. The lowest BCUT2D eigenvalue weighted by Gasteiger charge is -2.24. The molecule has 1 saturated carbocycles. The maximum absolute atomic E-state index is 11.7. The van der Waals surface area contributed by atoms with E-state index in [0.717, 1.165) is 30.7 Å². The summed E-state index contributed by atoms with van der Waals surface area (Å²) >= 11 is 1.62. The Kier molecular flexibility index (Phi) is 4.40. The third kappa shape index (κ3) is 3.10. The van der Waals surface area contributed by atoms with E-state index >= 15 is 0 Å². The molecule has 0 spiro atoms. The first-order chi connectivity index (χ1) is 8.52. The molecule has 6 heteroatoms. The molecule has 18 heavy (non-hydrogen) atoms. The lowest BCUT2D eigenvalue weighted by Crippen LogP contribution is -2.41. The van der Waals surface area contributed by atoms with Crippen molar-refractivity contribution in [2.45, 2.75) is 49.9 Å². The smallest absolute Gasteiger partial charge is 0.151 e. The number of thiazole rings is 1. The zero-order valence-electron chi connectivity index (χ0n) is 10.8. The van der Waals surface area contributed by atoms with E-state index in [2.05, 4.69) is 17.2 Å². The second-order valence-corrected chi connectivity index (χ2v) is 8.09. The predicted molar refractivity (Wildman–Crippen MR) is 74.6 cm³/mol. The highest BCUT2D eigenvalue weighted by atomic mass is 32.2. The van der Waals surface area contributed by atoms with Crippen LogP contribution in [0, 0.1) is 0 Å². The Morgan fingerprint density at radius 2 is 2.33 bits per heavy atom. The minimum absolute atomic E-state index is 0.0776. The van der Waals surface area contributed by atoms with Gasteiger partial charge in [0.1, 0.15) is 5.01 Å². The van der Waals surface area contributed by atoms with Gasteiger partial charge in [0.2, 0.25) is 0 Å². The standard InChI is InChI=1S/C12H20N2O2S2/c1-3-9(12-13-7-8-17-12)14-10-5-4-6-11(10)18(2,15)16/h7-11,14H,3-6H2,1-2H3. The average Bonchev–Trinajstić information content (AvgIpc) is 2.95. The van der Waals surface area contributed by atoms with E-state index in [9.17, 15) is 8.42 Å². The van der Waals surface area contributed by atoms with Crippen molar-refractivity contribution in [2.24, 2.45) is 0 Å². The highest BCUT2D eigenvalue weighted by molar-refractivity contribution is 7.91. The molecule has 0 amide bonds. The van der Waals surface area contributed by atoms with Crippen LogP contribution in [0.5, 0.6) is 0 Å². The van der Waals surface area contributed by atoms with Gasteiger partial charge in [-0.05, 0) is 19.3 Å². The van der Waals surface area contributed by atoms with Gasteiger partial charge in [-0.15, -0.1) is 11.3 Å². The van der Waals surface area contributed by atoms with Gasteiger partial charge in [-0.25, -0.2) is 13.4 Å². The van der Waals surface area contributed by atoms with Crippen molar-refractivity contribution in [1.82, 2.24) is 10.3 Å². The van der Waals surface area contributed by atoms with Crippen LogP contribution < -0.4 is 5.32 Å². The topological polar surface area (TPSA) is 59.1 Å². The molecule has 0 bridgehead atoms. The van der Waals surface area contributed by atoms with Crippen molar-refractivity contribution in [3.63, 3.8) is 0 Å². The summed E-state index contributed by atoms with van der Waals surface area (Å²) in [7, 11) is -2.95. The zero-order valence-corrected chi connectivity index (χ0v) is 12.4. The van der Waals surface area contributed by atoms with Crippen molar-refractivity contribution in [3.8, 4) is 0 Å². The van der Waals surface area contributed by atoms with Gasteiger partial charge in [0.25, 0.3) is 0 Å². The van der Waals surface area contributed by atoms with Gasteiger partial charge in [0, 0.05) is 23.9 Å². The number of rotatable bonds is 5. The molecule has 3 atom stereocenters. The van der Waals surface area contributed by atoms with Crippen LogP contribution in [-0.4, -0.2) is 30.9 Å². The average molecular weight is 288 g/mol. The monoisotopic (exact) mass is 288 g/mol. The summed E-state index contributed by atoms with van der Waals surface area (Å²) < 4.78 is 23.5. The van der Waals surface area contributed by atoms with Gasteiger partial charge < -0.3 is 5.32 Å². The molecule has 3 unspecified atom stereocenters. The van der Waals surface area contributed by atoms with E-state index < -0.39 is 9.84 Å². The molecule has 0 aromatic carbocycles. The molecule has 4 nitrogen and oxygen atoms in total. The summed E-state index contributed by atoms with van der Waals surface area (Å²) in [5, 5.41) is 6.28. The van der Waals surface area contributed by atoms with Gasteiger partial charge >= 0.3 is 0 Å². The van der Waals surface area contributed by atoms with Crippen LogP contribution in [0.2, 0.25) is 0 Å². The normalized spacial score (nSPS) is 26.3. The molecular formula is C12H20N2O2S2.